The van der Waals surface area contributed by atoms with Gasteiger partial charge in [0.15, 0.2) is 5.12 Å². The lowest BCUT2D eigenvalue weighted by molar-refractivity contribution is -0.111. The molecule has 0 aromatic heterocycles. The number of thioether (sulfide) groups is 1. The van der Waals surface area contributed by atoms with Crippen LogP contribution in [0.5, 0.6) is 0 Å². The zero-order valence-corrected chi connectivity index (χ0v) is 18.7. The van der Waals surface area contributed by atoms with E-state index in [1.165, 1.54) is 31.0 Å². The molecule has 0 spiro atoms. The molecule has 0 aromatic rings. The van der Waals surface area contributed by atoms with Crippen molar-refractivity contribution in [3.8, 4) is 0 Å². The number of aliphatic hydroxyl groups excluding tert-OH is 1. The molecule has 1 N–H and O–H groups in total. The van der Waals surface area contributed by atoms with Crippen molar-refractivity contribution in [1.82, 2.24) is 0 Å². The molecule has 0 bridgehead atoms. The van der Waals surface area contributed by atoms with Gasteiger partial charge in [-0.1, -0.05) is 58.2 Å². The maximum absolute atomic E-state index is 12.0. The standard InChI is InChI=1S/C19H38O5SSi/c1-4-5-6-7-8-10-19(21)25-11-9-12-26(22-14-17(2)13-20)23-15-18(3)16-24-26/h17-18,20H,4-16H2,1-3H3. The molecule has 0 saturated carbocycles. The normalized spacial score (nSPS) is 24.5. The summed E-state index contributed by atoms with van der Waals surface area (Å²) in [5.41, 5.74) is 0. The lowest BCUT2D eigenvalue weighted by Crippen LogP contribution is -2.52. The van der Waals surface area contributed by atoms with E-state index in [1.54, 1.807) is 0 Å². The molecule has 7 heteroatoms. The highest BCUT2D eigenvalue weighted by Gasteiger charge is 2.44. The highest BCUT2D eigenvalue weighted by Crippen LogP contribution is 2.26. The fourth-order valence-electron chi connectivity index (χ4n) is 2.67. The van der Waals surface area contributed by atoms with Gasteiger partial charge in [-0.25, -0.2) is 0 Å². The summed E-state index contributed by atoms with van der Waals surface area (Å²) in [4.78, 5) is 12.0. The van der Waals surface area contributed by atoms with E-state index < -0.39 is 8.80 Å². The minimum absolute atomic E-state index is 0.0783. The smallest absolute Gasteiger partial charge is 0.396 e. The van der Waals surface area contributed by atoms with Gasteiger partial charge in [0, 0.05) is 56.5 Å². The summed E-state index contributed by atoms with van der Waals surface area (Å²) >= 11 is 1.43. The Morgan fingerprint density at radius 3 is 2.58 bits per heavy atom. The molecule has 1 unspecified atom stereocenters. The Balaban J connectivity index is 2.25. The molecule has 1 aliphatic rings. The Kier molecular flexibility index (Phi) is 13.1. The van der Waals surface area contributed by atoms with Gasteiger partial charge in [0.1, 0.15) is 0 Å². The van der Waals surface area contributed by atoms with Crippen LogP contribution in [0.4, 0.5) is 0 Å². The Labute approximate surface area is 164 Å². The molecule has 1 fully saturated rings. The molecule has 1 aliphatic heterocycles. The van der Waals surface area contributed by atoms with Gasteiger partial charge in [-0.05, 0) is 12.8 Å². The van der Waals surface area contributed by atoms with Crippen LogP contribution in [0.25, 0.3) is 0 Å². The van der Waals surface area contributed by atoms with Crippen LogP contribution in [0, 0.1) is 11.8 Å². The third kappa shape index (κ3) is 10.4. The maximum Gasteiger partial charge on any atom is 0.501 e. The second-order valence-electron chi connectivity index (χ2n) is 7.50. The lowest BCUT2D eigenvalue weighted by Gasteiger charge is -2.36. The zero-order valence-electron chi connectivity index (χ0n) is 16.8. The van der Waals surface area contributed by atoms with Gasteiger partial charge in [-0.15, -0.1) is 0 Å². The van der Waals surface area contributed by atoms with Crippen LogP contribution in [-0.4, -0.2) is 51.2 Å². The summed E-state index contributed by atoms with van der Waals surface area (Å²) in [6.07, 6.45) is 7.45. The third-order valence-corrected chi connectivity index (χ3v) is 8.25. The van der Waals surface area contributed by atoms with E-state index in [-0.39, 0.29) is 12.5 Å². The SMILES string of the molecule is CCCCCCCC(=O)SCCC[Si]1(OCC(C)CO)OCC(C)CO1. The van der Waals surface area contributed by atoms with Crippen LogP contribution in [0.3, 0.4) is 0 Å². The Bertz CT molecular complexity index is 375. The van der Waals surface area contributed by atoms with Crippen molar-refractivity contribution in [2.45, 2.75) is 71.8 Å². The van der Waals surface area contributed by atoms with Gasteiger partial charge in [0.05, 0.1) is 0 Å². The Morgan fingerprint density at radius 1 is 1.23 bits per heavy atom. The van der Waals surface area contributed by atoms with Crippen molar-refractivity contribution in [2.75, 3.05) is 32.2 Å². The number of hydrogen-bond acceptors (Lipinski definition) is 6. The summed E-state index contributed by atoms with van der Waals surface area (Å²) in [5.74, 6) is 1.26. The molecule has 1 heterocycles. The van der Waals surface area contributed by atoms with E-state index in [2.05, 4.69) is 13.8 Å². The predicted molar refractivity (Wildman–Crippen MR) is 109 cm³/mol. The average molecular weight is 407 g/mol. The minimum atomic E-state index is -2.65. The van der Waals surface area contributed by atoms with E-state index in [9.17, 15) is 9.90 Å². The number of aliphatic hydroxyl groups is 1. The monoisotopic (exact) mass is 406 g/mol. The van der Waals surface area contributed by atoms with Crippen molar-refractivity contribution in [2.24, 2.45) is 11.8 Å². The molecule has 0 aromatic carbocycles. The van der Waals surface area contributed by atoms with E-state index in [1.807, 2.05) is 6.92 Å². The van der Waals surface area contributed by atoms with Gasteiger partial charge < -0.3 is 18.4 Å². The van der Waals surface area contributed by atoms with Gasteiger partial charge >= 0.3 is 8.80 Å². The summed E-state index contributed by atoms with van der Waals surface area (Å²) in [5, 5.41) is 9.49. The second-order valence-corrected chi connectivity index (χ2v) is 11.4. The number of hydrogen-bond donors (Lipinski definition) is 1. The molecule has 0 radical (unpaired) electrons. The lowest BCUT2D eigenvalue weighted by atomic mass is 10.1. The van der Waals surface area contributed by atoms with Crippen molar-refractivity contribution >= 4 is 25.7 Å². The van der Waals surface area contributed by atoms with Crippen molar-refractivity contribution in [3.05, 3.63) is 0 Å². The van der Waals surface area contributed by atoms with Gasteiger partial charge in [-0.3, -0.25) is 4.79 Å². The molecule has 1 rings (SSSR count). The first-order chi connectivity index (χ1) is 12.5. The van der Waals surface area contributed by atoms with Gasteiger partial charge in [0.2, 0.25) is 0 Å². The largest absolute Gasteiger partial charge is 0.501 e. The minimum Gasteiger partial charge on any atom is -0.396 e. The van der Waals surface area contributed by atoms with Crippen LogP contribution in [0.2, 0.25) is 6.04 Å². The second kappa shape index (κ2) is 14.1. The molecular formula is C19H38O5SSi. The quantitative estimate of drug-likeness (QED) is 0.343. The Hall–Kier alpha value is 0.0769. The van der Waals surface area contributed by atoms with Crippen LogP contribution < -0.4 is 0 Å². The summed E-state index contributed by atoms with van der Waals surface area (Å²) in [6, 6.07) is 0.745. The first-order valence-electron chi connectivity index (χ1n) is 10.2. The molecule has 154 valence electrons. The first kappa shape index (κ1) is 24.1. The molecular weight excluding hydrogens is 368 g/mol. The van der Waals surface area contributed by atoms with Crippen molar-refractivity contribution in [1.29, 1.82) is 0 Å². The fourth-order valence-corrected chi connectivity index (χ4v) is 6.64. The van der Waals surface area contributed by atoms with E-state index in [0.717, 1.165) is 31.1 Å². The molecule has 0 aliphatic carbocycles. The molecule has 1 saturated heterocycles. The fraction of sp³-hybridized carbons (Fsp3) is 0.947. The molecule has 26 heavy (non-hydrogen) atoms. The molecule has 0 amide bonds. The van der Waals surface area contributed by atoms with E-state index >= 15 is 0 Å². The average Bonchev–Trinajstić information content (AvgIpc) is 2.65. The van der Waals surface area contributed by atoms with Crippen molar-refractivity contribution < 1.29 is 23.2 Å². The Morgan fingerprint density at radius 2 is 1.92 bits per heavy atom. The maximum atomic E-state index is 12.0. The number of carbonyl (C=O) groups is 1. The first-order valence-corrected chi connectivity index (χ1v) is 13.1. The van der Waals surface area contributed by atoms with Crippen molar-refractivity contribution in [3.63, 3.8) is 0 Å². The highest BCUT2D eigenvalue weighted by atomic mass is 32.2. The summed E-state index contributed by atoms with van der Waals surface area (Å²) in [6.45, 7) is 8.15. The topological polar surface area (TPSA) is 65.0 Å². The molecule has 5 nitrogen and oxygen atoms in total. The van der Waals surface area contributed by atoms with Crippen LogP contribution in [0.1, 0.15) is 65.7 Å². The number of carbonyl (C=O) groups excluding carboxylic acids is 1. The van der Waals surface area contributed by atoms with Crippen LogP contribution in [-0.2, 0) is 18.1 Å². The molecule has 1 atom stereocenters. The van der Waals surface area contributed by atoms with Gasteiger partial charge in [-0.2, -0.15) is 0 Å². The van der Waals surface area contributed by atoms with Gasteiger partial charge in [0.25, 0.3) is 0 Å². The summed E-state index contributed by atoms with van der Waals surface area (Å²) < 4.78 is 18.0. The number of unbranched alkanes of at least 4 members (excludes halogenated alkanes) is 4. The predicted octanol–water partition coefficient (Wildman–Crippen LogP) is 4.26. The summed E-state index contributed by atoms with van der Waals surface area (Å²) in [7, 11) is -2.65. The van der Waals surface area contributed by atoms with Crippen LogP contribution >= 0.6 is 11.8 Å². The highest BCUT2D eigenvalue weighted by molar-refractivity contribution is 8.13. The number of rotatable bonds is 14. The van der Waals surface area contributed by atoms with Crippen LogP contribution in [0.15, 0.2) is 0 Å². The zero-order chi connectivity index (χ0) is 19.3. The van der Waals surface area contributed by atoms with E-state index in [4.69, 9.17) is 13.3 Å². The third-order valence-electron chi connectivity index (χ3n) is 4.45. The van der Waals surface area contributed by atoms with E-state index in [0.29, 0.717) is 37.3 Å².